The fraction of sp³-hybridized carbons (Fsp3) is 0.182. The monoisotopic (exact) mass is 422 g/mol. The van der Waals surface area contributed by atoms with Gasteiger partial charge < -0.3 is 4.74 Å². The average Bonchev–Trinajstić information content (AvgIpc) is 2.98. The highest BCUT2D eigenvalue weighted by molar-refractivity contribution is 9.10. The van der Waals surface area contributed by atoms with Gasteiger partial charge in [0.15, 0.2) is 0 Å². The molecule has 0 bridgehead atoms. The van der Waals surface area contributed by atoms with Gasteiger partial charge >= 0.3 is 6.09 Å². The molecule has 0 fully saturated rings. The van der Waals surface area contributed by atoms with E-state index < -0.39 is 11.7 Å². The highest BCUT2D eigenvalue weighted by atomic mass is 79.9. The minimum absolute atomic E-state index is 0.394. The van der Waals surface area contributed by atoms with E-state index >= 15 is 0 Å². The molecule has 2 aromatic carbocycles. The van der Waals surface area contributed by atoms with Gasteiger partial charge in [-0.2, -0.15) is 0 Å². The number of nitrogens with zero attached hydrogens (tertiary/aromatic N) is 2. The van der Waals surface area contributed by atoms with E-state index in [9.17, 15) is 4.79 Å². The second-order valence-corrected chi connectivity index (χ2v) is 8.39. The number of carbonyl (C=O) groups excluding carboxylic acids is 1. The Hall–Kier alpha value is -2.66. The maximum atomic E-state index is 12.7. The third-order valence-corrected chi connectivity index (χ3v) is 4.75. The van der Waals surface area contributed by atoms with Crippen molar-refractivity contribution in [3.05, 3.63) is 65.4 Å². The van der Waals surface area contributed by atoms with Crippen molar-refractivity contribution in [1.29, 1.82) is 0 Å². The van der Waals surface area contributed by atoms with Gasteiger partial charge in [-0.3, -0.25) is 9.55 Å². The van der Waals surface area contributed by atoms with Gasteiger partial charge in [-0.15, -0.1) is 0 Å². The summed E-state index contributed by atoms with van der Waals surface area (Å²) in [6.45, 7) is 5.59. The van der Waals surface area contributed by atoms with Crippen molar-refractivity contribution >= 4 is 43.8 Å². The largest absolute Gasteiger partial charge is 0.443 e. The minimum atomic E-state index is -0.562. The molecule has 0 radical (unpaired) electrons. The number of hydrogen-bond donors (Lipinski definition) is 0. The summed E-state index contributed by atoms with van der Waals surface area (Å²) in [4.78, 5) is 17.3. The van der Waals surface area contributed by atoms with Crippen molar-refractivity contribution < 1.29 is 9.53 Å². The molecule has 4 aromatic rings. The first kappa shape index (κ1) is 17.7. The molecular weight excluding hydrogens is 404 g/mol. The predicted molar refractivity (Wildman–Crippen MR) is 112 cm³/mol. The van der Waals surface area contributed by atoms with Crippen molar-refractivity contribution in [1.82, 2.24) is 9.55 Å². The summed E-state index contributed by atoms with van der Waals surface area (Å²) < 4.78 is 8.10. The molecule has 0 aliphatic carbocycles. The lowest BCUT2D eigenvalue weighted by Crippen LogP contribution is -2.26. The van der Waals surface area contributed by atoms with Gasteiger partial charge in [0.2, 0.25) is 0 Å². The number of halogens is 1. The summed E-state index contributed by atoms with van der Waals surface area (Å²) in [5, 5.41) is 2.02. The second kappa shape index (κ2) is 6.50. The van der Waals surface area contributed by atoms with E-state index in [1.165, 1.54) is 0 Å². The third kappa shape index (κ3) is 3.47. The molecular formula is C22H19BrN2O2. The van der Waals surface area contributed by atoms with Crippen molar-refractivity contribution in [3.8, 4) is 11.1 Å². The molecule has 0 atom stereocenters. The second-order valence-electron chi connectivity index (χ2n) is 7.47. The van der Waals surface area contributed by atoms with E-state index in [0.29, 0.717) is 0 Å². The number of aromatic nitrogens is 2. The van der Waals surface area contributed by atoms with Crippen LogP contribution in [0.2, 0.25) is 0 Å². The fourth-order valence-electron chi connectivity index (χ4n) is 3.11. The predicted octanol–water partition coefficient (Wildman–Crippen LogP) is 6.40. The zero-order valence-corrected chi connectivity index (χ0v) is 16.9. The standard InChI is InChI=1S/C22H19BrN2O2/c1-22(2,3)27-21(26)25-13-18(17-11-16(23)8-9-20(17)25)15-10-14-6-4-5-7-19(14)24-12-15/h4-13H,1-3H3. The van der Waals surface area contributed by atoms with Crippen molar-refractivity contribution in [2.24, 2.45) is 0 Å². The first-order valence-electron chi connectivity index (χ1n) is 8.71. The van der Waals surface area contributed by atoms with Crippen LogP contribution >= 0.6 is 15.9 Å². The first-order chi connectivity index (χ1) is 12.8. The van der Waals surface area contributed by atoms with Crippen LogP contribution in [-0.2, 0) is 4.74 Å². The van der Waals surface area contributed by atoms with Gasteiger partial charge in [0.25, 0.3) is 0 Å². The molecule has 5 heteroatoms. The molecule has 0 spiro atoms. The normalized spacial score (nSPS) is 11.9. The van der Waals surface area contributed by atoms with E-state index in [1.54, 1.807) is 4.57 Å². The number of ether oxygens (including phenoxy) is 1. The zero-order valence-electron chi connectivity index (χ0n) is 15.4. The number of pyridine rings is 1. The lowest BCUT2D eigenvalue weighted by atomic mass is 10.0. The summed E-state index contributed by atoms with van der Waals surface area (Å²) >= 11 is 3.53. The molecule has 0 saturated heterocycles. The quantitative estimate of drug-likeness (QED) is 0.356. The molecule has 0 aliphatic heterocycles. The summed E-state index contributed by atoms with van der Waals surface area (Å²) in [7, 11) is 0. The number of carbonyl (C=O) groups is 1. The summed E-state index contributed by atoms with van der Waals surface area (Å²) in [5.74, 6) is 0. The SMILES string of the molecule is CC(C)(C)OC(=O)n1cc(-c2cnc3ccccc3c2)c2cc(Br)ccc21. The first-order valence-corrected chi connectivity index (χ1v) is 9.50. The average molecular weight is 423 g/mol. The van der Waals surface area contributed by atoms with Crippen LogP contribution in [0, 0.1) is 0 Å². The van der Waals surface area contributed by atoms with Crippen molar-refractivity contribution in [2.45, 2.75) is 26.4 Å². The maximum absolute atomic E-state index is 12.7. The summed E-state index contributed by atoms with van der Waals surface area (Å²) in [6.07, 6.45) is 3.28. The Morgan fingerprint density at radius 1 is 1.11 bits per heavy atom. The van der Waals surface area contributed by atoms with E-state index in [2.05, 4.69) is 27.0 Å². The Balaban J connectivity index is 1.91. The molecule has 4 nitrogen and oxygen atoms in total. The van der Waals surface area contributed by atoms with Crippen molar-refractivity contribution in [3.63, 3.8) is 0 Å². The number of hydrogen-bond acceptors (Lipinski definition) is 3. The Kier molecular flexibility index (Phi) is 4.27. The van der Waals surface area contributed by atoms with Crippen LogP contribution in [0.15, 0.2) is 65.4 Å². The van der Waals surface area contributed by atoms with Crippen LogP contribution in [0.4, 0.5) is 4.79 Å². The Morgan fingerprint density at radius 2 is 1.89 bits per heavy atom. The molecule has 2 heterocycles. The van der Waals surface area contributed by atoms with E-state index in [0.717, 1.165) is 37.4 Å². The van der Waals surface area contributed by atoms with Gasteiger partial charge in [0.1, 0.15) is 5.60 Å². The van der Waals surface area contributed by atoms with Crippen LogP contribution < -0.4 is 0 Å². The molecule has 0 aliphatic rings. The van der Waals surface area contributed by atoms with Gasteiger partial charge in [0.05, 0.1) is 11.0 Å². The lowest BCUT2D eigenvalue weighted by Gasteiger charge is -2.19. The minimum Gasteiger partial charge on any atom is -0.443 e. The summed E-state index contributed by atoms with van der Waals surface area (Å²) in [6, 6.07) is 15.9. The van der Waals surface area contributed by atoms with E-state index in [4.69, 9.17) is 4.74 Å². The van der Waals surface area contributed by atoms with Crippen LogP contribution in [0.5, 0.6) is 0 Å². The Labute approximate surface area is 165 Å². The van der Waals surface area contributed by atoms with Crippen LogP contribution in [-0.4, -0.2) is 21.2 Å². The van der Waals surface area contributed by atoms with E-state index in [1.807, 2.05) is 75.6 Å². The van der Waals surface area contributed by atoms with Gasteiger partial charge in [-0.1, -0.05) is 34.1 Å². The molecule has 0 unspecified atom stereocenters. The van der Waals surface area contributed by atoms with Gasteiger partial charge in [0, 0.05) is 38.8 Å². The number of para-hydroxylation sites is 1. The highest BCUT2D eigenvalue weighted by Crippen LogP contribution is 2.34. The molecule has 0 saturated carbocycles. The fourth-order valence-corrected chi connectivity index (χ4v) is 3.47. The van der Waals surface area contributed by atoms with Gasteiger partial charge in [-0.05, 0) is 51.1 Å². The maximum Gasteiger partial charge on any atom is 0.419 e. The zero-order chi connectivity index (χ0) is 19.2. The van der Waals surface area contributed by atoms with Crippen LogP contribution in [0.3, 0.4) is 0 Å². The topological polar surface area (TPSA) is 44.1 Å². The Bertz CT molecular complexity index is 1170. The smallest absolute Gasteiger partial charge is 0.419 e. The molecule has 136 valence electrons. The van der Waals surface area contributed by atoms with Crippen LogP contribution in [0.25, 0.3) is 32.9 Å². The van der Waals surface area contributed by atoms with E-state index in [-0.39, 0.29) is 0 Å². The van der Waals surface area contributed by atoms with Crippen LogP contribution in [0.1, 0.15) is 20.8 Å². The van der Waals surface area contributed by atoms with Crippen molar-refractivity contribution in [2.75, 3.05) is 0 Å². The number of benzene rings is 2. The Morgan fingerprint density at radius 3 is 2.67 bits per heavy atom. The molecule has 0 amide bonds. The number of fused-ring (bicyclic) bond motifs is 2. The molecule has 2 aromatic heterocycles. The number of rotatable bonds is 1. The third-order valence-electron chi connectivity index (χ3n) is 4.26. The lowest BCUT2D eigenvalue weighted by molar-refractivity contribution is 0.0544. The molecule has 0 N–H and O–H groups in total. The summed E-state index contributed by atoms with van der Waals surface area (Å²) in [5.41, 5.74) is 3.08. The highest BCUT2D eigenvalue weighted by Gasteiger charge is 2.21. The van der Waals surface area contributed by atoms with Gasteiger partial charge in [-0.25, -0.2) is 4.79 Å². The molecule has 4 rings (SSSR count). The molecule has 27 heavy (non-hydrogen) atoms.